The molecule has 0 spiro atoms. The van der Waals surface area contributed by atoms with Crippen LogP contribution in [0, 0.1) is 0 Å². The third-order valence-corrected chi connectivity index (χ3v) is 11.1. The molecular weight excluding hydrogens is 715 g/mol. The molecule has 5 rings (SSSR count). The summed E-state index contributed by atoms with van der Waals surface area (Å²) in [5.74, 6) is 0.345. The maximum Gasteiger partial charge on any atom is 0.534 e. The summed E-state index contributed by atoms with van der Waals surface area (Å²) in [7, 11) is 3.75. The summed E-state index contributed by atoms with van der Waals surface area (Å²) < 4.78 is 11.5. The lowest BCUT2D eigenvalue weighted by Crippen LogP contribution is -2.32. The van der Waals surface area contributed by atoms with Crippen LogP contribution in [-0.2, 0) is 9.48 Å². The topological polar surface area (TPSA) is 114 Å². The van der Waals surface area contributed by atoms with Crippen LogP contribution in [0.25, 0.3) is 0 Å². The molecule has 290 valence electrons. The highest BCUT2D eigenvalue weighted by molar-refractivity contribution is 8.00. The van der Waals surface area contributed by atoms with Crippen LogP contribution in [0.15, 0.2) is 127 Å². The molecule has 1 amide bonds. The molecule has 0 aliphatic heterocycles. The summed E-state index contributed by atoms with van der Waals surface area (Å²) >= 11 is 1.91. The molecule has 11 heteroatoms. The number of carbonyl (C=O) groups is 2. The number of thioether (sulfide) groups is 1. The Morgan fingerprint density at radius 2 is 1.25 bits per heavy atom. The molecule has 2 N–H and O–H groups in total. The molecule has 0 radical (unpaired) electrons. The van der Waals surface area contributed by atoms with E-state index >= 15 is 0 Å². The number of aromatic hydroxyl groups is 2. The van der Waals surface area contributed by atoms with Gasteiger partial charge in [-0.3, -0.25) is 4.84 Å². The van der Waals surface area contributed by atoms with Gasteiger partial charge in [0.25, 0.3) is 0 Å². The first kappa shape index (κ1) is 40.8. The number of hydrogen-bond donors (Lipinski definition) is 2. The highest BCUT2D eigenvalue weighted by atomic mass is 32.2. The number of amides is 1. The largest absolute Gasteiger partial charge is 0.534 e. The Balaban J connectivity index is 1.24. The molecule has 0 bridgehead atoms. The number of hydrogen-bond acceptors (Lipinski definition) is 9. The van der Waals surface area contributed by atoms with E-state index < -0.39 is 34.9 Å². The quantitative estimate of drug-likeness (QED) is 0.0483. The molecule has 0 aliphatic carbocycles. The second-order valence-corrected chi connectivity index (χ2v) is 14.7. The van der Waals surface area contributed by atoms with Crippen molar-refractivity contribution in [3.05, 3.63) is 150 Å². The molecule has 55 heavy (non-hydrogen) atoms. The minimum atomic E-state index is -1.09. The molecular formula is C44H51N3O7S. The average molecular weight is 766 g/mol. The number of ether oxygens (including phenoxy) is 2. The van der Waals surface area contributed by atoms with Gasteiger partial charge in [0.05, 0.1) is 4.75 Å². The summed E-state index contributed by atoms with van der Waals surface area (Å²) in [6.45, 7) is 4.48. The van der Waals surface area contributed by atoms with Crippen molar-refractivity contribution in [2.45, 2.75) is 49.9 Å². The van der Waals surface area contributed by atoms with Crippen molar-refractivity contribution in [3.63, 3.8) is 0 Å². The Hall–Kier alpha value is -5.39. The summed E-state index contributed by atoms with van der Waals surface area (Å²) in [6, 6.07) is 41.1. The van der Waals surface area contributed by atoms with Crippen molar-refractivity contribution in [1.82, 2.24) is 14.5 Å². The van der Waals surface area contributed by atoms with Crippen LogP contribution in [0.5, 0.6) is 17.5 Å². The number of aromatic nitrogens is 1. The van der Waals surface area contributed by atoms with Crippen molar-refractivity contribution in [2.24, 2.45) is 0 Å². The van der Waals surface area contributed by atoms with Gasteiger partial charge in [-0.2, -0.15) is 0 Å². The standard InChI is InChI=1S/C44H51N3O7S/c1-4-45(2)31-17-32-46(3)42(50)52-38-27-25-34(26-28-38)39(53-43(51)54-47-40(48)29-30-41(47)49)24-15-8-16-33-55-44(35-18-9-5-10-19-35,36-20-11-6-12-21-36)37-22-13-7-14-23-37/h5-7,9-14,18-23,25-30,39,48-49H,4,8,15-17,24,31-33H2,1-3H3. The van der Waals surface area contributed by atoms with E-state index in [0.29, 0.717) is 29.0 Å². The van der Waals surface area contributed by atoms with Gasteiger partial charge in [-0.05, 0) is 86.0 Å². The van der Waals surface area contributed by atoms with Crippen molar-refractivity contribution in [2.75, 3.05) is 39.5 Å². The van der Waals surface area contributed by atoms with E-state index in [-0.39, 0.29) is 0 Å². The van der Waals surface area contributed by atoms with Gasteiger partial charge in [-0.1, -0.05) is 116 Å². The van der Waals surface area contributed by atoms with E-state index in [4.69, 9.17) is 14.3 Å². The van der Waals surface area contributed by atoms with Gasteiger partial charge in [0, 0.05) is 25.7 Å². The molecule has 10 nitrogen and oxygen atoms in total. The molecule has 0 aliphatic rings. The summed E-state index contributed by atoms with van der Waals surface area (Å²) in [4.78, 5) is 34.5. The first-order valence-corrected chi connectivity index (χ1v) is 19.7. The number of benzene rings is 4. The van der Waals surface area contributed by atoms with Crippen LogP contribution >= 0.6 is 11.8 Å². The highest BCUT2D eigenvalue weighted by Crippen LogP contribution is 2.48. The molecule has 1 heterocycles. The first-order valence-electron chi connectivity index (χ1n) is 18.7. The Morgan fingerprint density at radius 3 is 1.78 bits per heavy atom. The Labute approximate surface area is 328 Å². The van der Waals surface area contributed by atoms with E-state index in [1.807, 2.05) is 37.0 Å². The Kier molecular flexibility index (Phi) is 15.1. The number of nitrogens with zero attached hydrogens (tertiary/aromatic N) is 3. The zero-order chi connectivity index (χ0) is 39.0. The number of unbranched alkanes of at least 4 members (excludes halogenated alkanes) is 2. The Morgan fingerprint density at radius 1 is 0.709 bits per heavy atom. The second-order valence-electron chi connectivity index (χ2n) is 13.4. The third-order valence-electron chi connectivity index (χ3n) is 9.51. The van der Waals surface area contributed by atoms with Gasteiger partial charge in [0.15, 0.2) is 0 Å². The van der Waals surface area contributed by atoms with Crippen molar-refractivity contribution in [1.29, 1.82) is 0 Å². The van der Waals surface area contributed by atoms with Crippen LogP contribution in [-0.4, -0.2) is 76.5 Å². The third kappa shape index (κ3) is 11.1. The van der Waals surface area contributed by atoms with E-state index in [1.165, 1.54) is 28.8 Å². The van der Waals surface area contributed by atoms with E-state index in [2.05, 4.69) is 84.6 Å². The molecule has 1 atom stereocenters. The van der Waals surface area contributed by atoms with Crippen LogP contribution in [0.1, 0.15) is 67.4 Å². The van der Waals surface area contributed by atoms with Crippen LogP contribution < -0.4 is 9.57 Å². The lowest BCUT2D eigenvalue weighted by molar-refractivity contribution is 0.00551. The Bertz CT molecular complexity index is 1790. The molecule has 0 saturated heterocycles. The summed E-state index contributed by atoms with van der Waals surface area (Å²) in [5, 5.41) is 20.0. The normalized spacial score (nSPS) is 11.9. The van der Waals surface area contributed by atoms with Crippen molar-refractivity contribution >= 4 is 24.0 Å². The first-order chi connectivity index (χ1) is 26.7. The molecule has 1 unspecified atom stereocenters. The lowest BCUT2D eigenvalue weighted by Gasteiger charge is -2.35. The van der Waals surface area contributed by atoms with E-state index in [9.17, 15) is 19.8 Å². The minimum Gasteiger partial charge on any atom is -0.492 e. The van der Waals surface area contributed by atoms with Crippen molar-refractivity contribution in [3.8, 4) is 17.5 Å². The minimum absolute atomic E-state index is 0.366. The summed E-state index contributed by atoms with van der Waals surface area (Å²) in [6.07, 6.45) is 1.58. The lowest BCUT2D eigenvalue weighted by atomic mass is 9.84. The fraction of sp³-hybridized carbons (Fsp3) is 0.318. The van der Waals surface area contributed by atoms with Crippen molar-refractivity contribution < 1.29 is 34.1 Å². The van der Waals surface area contributed by atoms with Crippen LogP contribution in [0.3, 0.4) is 0 Å². The fourth-order valence-electron chi connectivity index (χ4n) is 6.36. The average Bonchev–Trinajstić information content (AvgIpc) is 3.53. The number of carbonyl (C=O) groups excluding carboxylic acids is 2. The monoisotopic (exact) mass is 765 g/mol. The molecule has 1 aromatic heterocycles. The van der Waals surface area contributed by atoms with Gasteiger partial charge < -0.3 is 29.5 Å². The van der Waals surface area contributed by atoms with E-state index in [0.717, 1.165) is 44.5 Å². The van der Waals surface area contributed by atoms with E-state index in [1.54, 1.807) is 36.2 Å². The predicted molar refractivity (Wildman–Crippen MR) is 217 cm³/mol. The summed E-state index contributed by atoms with van der Waals surface area (Å²) in [5.41, 5.74) is 4.32. The van der Waals surface area contributed by atoms with Crippen LogP contribution in [0.4, 0.5) is 9.59 Å². The zero-order valence-electron chi connectivity index (χ0n) is 31.8. The smallest absolute Gasteiger partial charge is 0.492 e. The van der Waals surface area contributed by atoms with Gasteiger partial charge in [-0.15, -0.1) is 16.5 Å². The van der Waals surface area contributed by atoms with Gasteiger partial charge in [-0.25, -0.2) is 9.59 Å². The van der Waals surface area contributed by atoms with Crippen LogP contribution in [0.2, 0.25) is 0 Å². The second kappa shape index (κ2) is 20.3. The fourth-order valence-corrected chi connectivity index (χ4v) is 7.92. The highest BCUT2D eigenvalue weighted by Gasteiger charge is 2.36. The van der Waals surface area contributed by atoms with Gasteiger partial charge in [0.2, 0.25) is 11.8 Å². The predicted octanol–water partition coefficient (Wildman–Crippen LogP) is 9.26. The SMILES string of the molecule is CCN(C)CCCN(C)C(=O)Oc1ccc(C(CCCCCSC(c2ccccc2)(c2ccccc2)c2ccccc2)OC(=O)On2c(O)ccc2O)cc1. The maximum absolute atomic E-state index is 12.9. The van der Waals surface area contributed by atoms with Gasteiger partial charge in [0.1, 0.15) is 11.9 Å². The molecule has 0 fully saturated rings. The number of rotatable bonds is 19. The maximum atomic E-state index is 12.9. The molecule has 5 aromatic rings. The van der Waals surface area contributed by atoms with Gasteiger partial charge >= 0.3 is 12.2 Å². The molecule has 4 aromatic carbocycles. The molecule has 0 saturated carbocycles. The zero-order valence-corrected chi connectivity index (χ0v) is 32.6.